The van der Waals surface area contributed by atoms with Crippen LogP contribution in [-0.4, -0.2) is 17.9 Å². The van der Waals surface area contributed by atoms with Gasteiger partial charge >= 0.3 is 12.4 Å². The van der Waals surface area contributed by atoms with Crippen molar-refractivity contribution >= 4 is 11.6 Å². The zero-order valence-corrected chi connectivity index (χ0v) is 24.0. The number of pyridine rings is 1. The molecule has 1 aliphatic carbocycles. The maximum absolute atomic E-state index is 14.1. The summed E-state index contributed by atoms with van der Waals surface area (Å²) in [6.45, 7) is 4.10. The minimum Gasteiger partial charge on any atom is -0.312 e. The second kappa shape index (κ2) is 11.6. The van der Waals surface area contributed by atoms with Crippen LogP contribution in [0, 0.1) is 24.1 Å². The molecule has 0 atom stereocenters. The first-order valence-electron chi connectivity index (χ1n) is 13.7. The molecule has 4 nitrogen and oxygen atoms in total. The van der Waals surface area contributed by atoms with Crippen molar-refractivity contribution in [2.75, 3.05) is 11.9 Å². The molecule has 0 radical (unpaired) electrons. The number of amides is 1. The molecule has 11 heteroatoms. The predicted octanol–water partition coefficient (Wildman–Crippen LogP) is 9.09. The van der Waals surface area contributed by atoms with Gasteiger partial charge in [0.15, 0.2) is 5.69 Å². The number of hydrogen-bond acceptors (Lipinski definition) is 3. The van der Waals surface area contributed by atoms with Gasteiger partial charge in [-0.25, -0.2) is 9.37 Å². The first-order chi connectivity index (χ1) is 19.9. The van der Waals surface area contributed by atoms with E-state index in [9.17, 15) is 40.8 Å². The summed E-state index contributed by atoms with van der Waals surface area (Å²) in [7, 11) is 1.29. The third-order valence-electron chi connectivity index (χ3n) is 8.10. The summed E-state index contributed by atoms with van der Waals surface area (Å²) in [6, 6.07) is 8.85. The number of rotatable bonds is 5. The van der Waals surface area contributed by atoms with Crippen LogP contribution in [0.15, 0.2) is 42.5 Å². The molecule has 1 fully saturated rings. The summed E-state index contributed by atoms with van der Waals surface area (Å²) in [4.78, 5) is 19.6. The number of aryl methyl sites for hydroxylation is 1. The fourth-order valence-corrected chi connectivity index (χ4v) is 5.68. The number of hydrogen-bond donors (Lipinski definition) is 0. The van der Waals surface area contributed by atoms with E-state index in [0.717, 1.165) is 37.0 Å². The predicted molar refractivity (Wildman–Crippen MR) is 148 cm³/mol. The number of nitrogens with zero attached hydrogens (tertiary/aromatic N) is 3. The highest BCUT2D eigenvalue weighted by Crippen LogP contribution is 2.43. The largest absolute Gasteiger partial charge is 0.416 e. The SMILES string of the molecule is Cc1cc(F)ccc1-c1cc(C2CCCCC2)nc(C#N)c1N(C)C(=O)C(C)(C)c1cc(C(F)(F)F)cc(C(F)(F)F)c1. The van der Waals surface area contributed by atoms with Gasteiger partial charge in [-0.1, -0.05) is 25.3 Å². The number of nitriles is 1. The molecule has 2 aromatic carbocycles. The Morgan fingerprint density at radius 2 is 1.44 bits per heavy atom. The van der Waals surface area contributed by atoms with E-state index in [2.05, 4.69) is 4.98 Å². The zero-order chi connectivity index (χ0) is 31.9. The van der Waals surface area contributed by atoms with Crippen molar-refractivity contribution in [1.29, 1.82) is 5.26 Å². The van der Waals surface area contributed by atoms with E-state index in [1.807, 2.05) is 6.07 Å². The van der Waals surface area contributed by atoms with E-state index >= 15 is 0 Å². The van der Waals surface area contributed by atoms with E-state index in [0.29, 0.717) is 34.5 Å². The van der Waals surface area contributed by atoms with Gasteiger partial charge in [0.1, 0.15) is 11.9 Å². The quantitative estimate of drug-likeness (QED) is 0.273. The van der Waals surface area contributed by atoms with Crippen molar-refractivity contribution in [2.24, 2.45) is 0 Å². The third-order valence-corrected chi connectivity index (χ3v) is 8.10. The van der Waals surface area contributed by atoms with Gasteiger partial charge in [-0.15, -0.1) is 0 Å². The Morgan fingerprint density at radius 3 is 1.95 bits per heavy atom. The van der Waals surface area contributed by atoms with E-state index in [-0.39, 0.29) is 23.4 Å². The maximum Gasteiger partial charge on any atom is 0.416 e. The molecule has 228 valence electrons. The fourth-order valence-electron chi connectivity index (χ4n) is 5.68. The average molecular weight is 606 g/mol. The third kappa shape index (κ3) is 6.53. The molecular formula is C32H30F7N3O. The molecule has 0 saturated heterocycles. The lowest BCUT2D eigenvalue weighted by Gasteiger charge is -2.33. The van der Waals surface area contributed by atoms with Gasteiger partial charge in [0, 0.05) is 24.2 Å². The van der Waals surface area contributed by atoms with Crippen molar-refractivity contribution in [3.05, 3.63) is 81.9 Å². The fraction of sp³-hybridized carbons (Fsp3) is 0.406. The van der Waals surface area contributed by atoms with E-state index in [4.69, 9.17) is 0 Å². The monoisotopic (exact) mass is 605 g/mol. The molecule has 0 bridgehead atoms. The molecule has 0 spiro atoms. The first-order valence-corrected chi connectivity index (χ1v) is 13.7. The number of carbonyl (C=O) groups is 1. The molecule has 1 aromatic heterocycles. The van der Waals surface area contributed by atoms with Crippen molar-refractivity contribution in [3.63, 3.8) is 0 Å². The van der Waals surface area contributed by atoms with Crippen LogP contribution < -0.4 is 4.90 Å². The average Bonchev–Trinajstić information content (AvgIpc) is 2.95. The van der Waals surface area contributed by atoms with Crippen LogP contribution in [0.2, 0.25) is 0 Å². The number of halogens is 7. The lowest BCUT2D eigenvalue weighted by Crippen LogP contribution is -2.42. The summed E-state index contributed by atoms with van der Waals surface area (Å²) in [5.41, 5.74) is -3.58. The van der Waals surface area contributed by atoms with Crippen LogP contribution in [0.5, 0.6) is 0 Å². The second-order valence-corrected chi connectivity index (χ2v) is 11.5. The molecule has 43 heavy (non-hydrogen) atoms. The minimum atomic E-state index is -5.10. The molecule has 1 aliphatic rings. The summed E-state index contributed by atoms with van der Waals surface area (Å²) >= 11 is 0. The Kier molecular flexibility index (Phi) is 8.65. The first kappa shape index (κ1) is 32.0. The number of likely N-dealkylation sites (N-methyl/N-ethyl adjacent to an activating group) is 1. The smallest absolute Gasteiger partial charge is 0.312 e. The van der Waals surface area contributed by atoms with Crippen molar-refractivity contribution < 1.29 is 35.5 Å². The topological polar surface area (TPSA) is 57.0 Å². The summed E-state index contributed by atoms with van der Waals surface area (Å²) < 4.78 is 95.7. The van der Waals surface area contributed by atoms with Crippen molar-refractivity contribution in [3.8, 4) is 17.2 Å². The highest BCUT2D eigenvalue weighted by molar-refractivity contribution is 6.04. The zero-order valence-electron chi connectivity index (χ0n) is 24.0. The number of alkyl halides is 6. The van der Waals surface area contributed by atoms with Crippen LogP contribution in [0.25, 0.3) is 11.1 Å². The molecule has 3 aromatic rings. The molecule has 0 aliphatic heterocycles. The van der Waals surface area contributed by atoms with Crippen LogP contribution >= 0.6 is 0 Å². The second-order valence-electron chi connectivity index (χ2n) is 11.5. The number of aromatic nitrogens is 1. The molecule has 0 N–H and O–H groups in total. The summed E-state index contributed by atoms with van der Waals surface area (Å²) in [5.74, 6) is -1.32. The molecule has 4 rings (SSSR count). The van der Waals surface area contributed by atoms with Gasteiger partial charge in [0.2, 0.25) is 5.91 Å². The molecule has 0 unspecified atom stereocenters. The molecule has 1 heterocycles. The Hall–Kier alpha value is -3.94. The normalized spacial score (nSPS) is 14.8. The standard InChI is InChI=1S/C32H30F7N3O/c1-18-12-23(33)10-11-24(18)25-16-26(19-8-6-5-7-9-19)41-27(17-40)28(25)42(4)29(43)30(2,3)20-13-21(31(34,35)36)15-22(14-20)32(37,38)39/h10-16,19H,5-9H2,1-4H3. The Morgan fingerprint density at radius 1 is 0.884 bits per heavy atom. The lowest BCUT2D eigenvalue weighted by atomic mass is 9.81. The molecular weight excluding hydrogens is 575 g/mol. The van der Waals surface area contributed by atoms with E-state index < -0.39 is 46.2 Å². The van der Waals surface area contributed by atoms with Gasteiger partial charge in [0.05, 0.1) is 22.2 Å². The summed E-state index contributed by atoms with van der Waals surface area (Å²) in [5, 5.41) is 10.2. The van der Waals surface area contributed by atoms with Crippen LogP contribution in [0.4, 0.5) is 36.4 Å². The van der Waals surface area contributed by atoms with Gasteiger partial charge in [-0.05, 0) is 86.7 Å². The lowest BCUT2D eigenvalue weighted by molar-refractivity contribution is -0.143. The van der Waals surface area contributed by atoms with Gasteiger partial charge in [-0.3, -0.25) is 4.79 Å². The van der Waals surface area contributed by atoms with Gasteiger partial charge in [-0.2, -0.15) is 31.6 Å². The number of carbonyl (C=O) groups excluding carboxylic acids is 1. The molecule has 1 amide bonds. The summed E-state index contributed by atoms with van der Waals surface area (Å²) in [6.07, 6.45) is -5.48. The number of anilines is 1. The van der Waals surface area contributed by atoms with Crippen LogP contribution in [0.3, 0.4) is 0 Å². The van der Waals surface area contributed by atoms with Gasteiger partial charge in [0.25, 0.3) is 0 Å². The van der Waals surface area contributed by atoms with Gasteiger partial charge < -0.3 is 4.90 Å². The highest BCUT2D eigenvalue weighted by atomic mass is 19.4. The number of benzene rings is 2. The Bertz CT molecular complexity index is 1550. The van der Waals surface area contributed by atoms with Crippen molar-refractivity contribution in [2.45, 2.75) is 76.6 Å². The van der Waals surface area contributed by atoms with E-state index in [1.54, 1.807) is 13.0 Å². The van der Waals surface area contributed by atoms with Crippen molar-refractivity contribution in [1.82, 2.24) is 4.98 Å². The maximum atomic E-state index is 14.1. The molecule has 1 saturated carbocycles. The van der Waals surface area contributed by atoms with Crippen LogP contribution in [0.1, 0.15) is 85.5 Å². The van der Waals surface area contributed by atoms with Crippen LogP contribution in [-0.2, 0) is 22.6 Å². The highest BCUT2D eigenvalue weighted by Gasteiger charge is 2.42. The Labute approximate surface area is 245 Å². The minimum absolute atomic E-state index is 0.00484. The van der Waals surface area contributed by atoms with E-state index in [1.165, 1.54) is 39.1 Å². The Balaban J connectivity index is 1.90.